The van der Waals surface area contributed by atoms with Gasteiger partial charge in [-0.25, -0.2) is 4.98 Å². The molecule has 0 bridgehead atoms. The fourth-order valence-corrected chi connectivity index (χ4v) is 5.28. The largest absolute Gasteiger partial charge is 0.505 e. The molecule has 0 spiro atoms. The van der Waals surface area contributed by atoms with E-state index in [-0.39, 0.29) is 23.6 Å². The van der Waals surface area contributed by atoms with Crippen LogP contribution in [0.1, 0.15) is 34.1 Å². The van der Waals surface area contributed by atoms with E-state index in [0.29, 0.717) is 40.6 Å². The first-order valence-corrected chi connectivity index (χ1v) is 12.9. The van der Waals surface area contributed by atoms with E-state index in [4.69, 9.17) is 14.2 Å². The smallest absolute Gasteiger partial charge is 0.295 e. The summed E-state index contributed by atoms with van der Waals surface area (Å²) in [6.45, 7) is 3.98. The SMILES string of the molecule is COc1cc(C2/C(=C(\O)c3nc4c(C)cccn4c3C)C(=O)C(=O)N2CCc2ccccc2)cc(OC)c1OC. The Balaban J connectivity index is 1.71. The number of aromatic nitrogens is 2. The number of benzene rings is 2. The van der Waals surface area contributed by atoms with Crippen LogP contribution in [0.3, 0.4) is 0 Å². The summed E-state index contributed by atoms with van der Waals surface area (Å²) in [6, 6.07) is 16.0. The van der Waals surface area contributed by atoms with Gasteiger partial charge in [-0.3, -0.25) is 9.59 Å². The minimum atomic E-state index is -0.914. The van der Waals surface area contributed by atoms with Crippen LogP contribution in [-0.2, 0) is 16.0 Å². The molecule has 1 N–H and O–H groups in total. The molecule has 206 valence electrons. The molecule has 1 fully saturated rings. The van der Waals surface area contributed by atoms with Gasteiger partial charge in [0.1, 0.15) is 11.3 Å². The molecule has 40 heavy (non-hydrogen) atoms. The van der Waals surface area contributed by atoms with E-state index in [1.807, 2.05) is 66.9 Å². The van der Waals surface area contributed by atoms with Crippen molar-refractivity contribution in [2.75, 3.05) is 27.9 Å². The maximum absolute atomic E-state index is 13.6. The monoisotopic (exact) mass is 541 g/mol. The van der Waals surface area contributed by atoms with Crippen LogP contribution in [0.25, 0.3) is 11.4 Å². The lowest BCUT2D eigenvalue weighted by atomic mass is 9.95. The molecule has 9 heteroatoms. The van der Waals surface area contributed by atoms with Crippen molar-refractivity contribution in [3.8, 4) is 17.2 Å². The molecule has 0 radical (unpaired) electrons. The van der Waals surface area contributed by atoms with Gasteiger partial charge in [-0.1, -0.05) is 36.4 Å². The van der Waals surface area contributed by atoms with Crippen molar-refractivity contribution in [3.05, 3.63) is 94.4 Å². The molecule has 4 aromatic rings. The van der Waals surface area contributed by atoms with Crippen LogP contribution in [0.15, 0.2) is 66.4 Å². The van der Waals surface area contributed by atoms with Gasteiger partial charge in [-0.05, 0) is 55.2 Å². The first-order chi connectivity index (χ1) is 19.3. The second-order valence-electron chi connectivity index (χ2n) is 9.62. The fraction of sp³-hybridized carbons (Fsp3) is 0.258. The standard InChI is InChI=1S/C31H31N3O6/c1-18-10-9-14-33-19(2)25(32-30(18)33)27(35)24-26(21-16-22(38-3)29(40-5)23(17-21)39-4)34(31(37)28(24)36)15-13-20-11-7-6-8-12-20/h6-12,14,16-17,26,35H,13,15H2,1-5H3/b27-24+. The van der Waals surface area contributed by atoms with Crippen molar-refractivity contribution in [2.24, 2.45) is 0 Å². The second kappa shape index (κ2) is 10.8. The molecule has 1 amide bonds. The summed E-state index contributed by atoms with van der Waals surface area (Å²) in [4.78, 5) is 33.3. The number of hydrogen-bond acceptors (Lipinski definition) is 7. The lowest BCUT2D eigenvalue weighted by Crippen LogP contribution is -2.31. The molecular formula is C31H31N3O6. The predicted molar refractivity (Wildman–Crippen MR) is 150 cm³/mol. The van der Waals surface area contributed by atoms with Crippen LogP contribution < -0.4 is 14.2 Å². The number of rotatable bonds is 8. The normalized spacial score (nSPS) is 16.5. The molecule has 5 rings (SSSR count). The summed E-state index contributed by atoms with van der Waals surface area (Å²) >= 11 is 0. The van der Waals surface area contributed by atoms with E-state index in [1.165, 1.54) is 26.2 Å². The number of likely N-dealkylation sites (tertiary alicyclic amines) is 1. The highest BCUT2D eigenvalue weighted by Crippen LogP contribution is 2.46. The van der Waals surface area contributed by atoms with Gasteiger partial charge >= 0.3 is 0 Å². The number of aliphatic hydroxyl groups is 1. The van der Waals surface area contributed by atoms with Crippen LogP contribution in [0.4, 0.5) is 0 Å². The van der Waals surface area contributed by atoms with E-state index >= 15 is 0 Å². The number of carbonyl (C=O) groups excluding carboxylic acids is 2. The lowest BCUT2D eigenvalue weighted by Gasteiger charge is -2.26. The molecule has 0 aliphatic carbocycles. The van der Waals surface area contributed by atoms with Gasteiger partial charge in [0, 0.05) is 12.7 Å². The van der Waals surface area contributed by atoms with Gasteiger partial charge in [-0.2, -0.15) is 0 Å². The van der Waals surface area contributed by atoms with Crippen molar-refractivity contribution in [2.45, 2.75) is 26.3 Å². The predicted octanol–water partition coefficient (Wildman–Crippen LogP) is 4.64. The zero-order valence-corrected chi connectivity index (χ0v) is 23.1. The Morgan fingerprint density at radius 1 is 0.950 bits per heavy atom. The van der Waals surface area contributed by atoms with E-state index in [1.54, 1.807) is 12.1 Å². The maximum atomic E-state index is 13.6. The van der Waals surface area contributed by atoms with Crippen molar-refractivity contribution in [1.29, 1.82) is 0 Å². The minimum absolute atomic E-state index is 0.0449. The third kappa shape index (κ3) is 4.43. The van der Waals surface area contributed by atoms with Gasteiger partial charge in [0.25, 0.3) is 11.7 Å². The minimum Gasteiger partial charge on any atom is -0.505 e. The zero-order chi connectivity index (χ0) is 28.6. The van der Waals surface area contributed by atoms with Crippen molar-refractivity contribution >= 4 is 23.1 Å². The summed E-state index contributed by atoms with van der Waals surface area (Å²) in [5, 5.41) is 11.7. The van der Waals surface area contributed by atoms with Crippen LogP contribution in [0.2, 0.25) is 0 Å². The molecule has 2 aromatic heterocycles. The molecule has 1 aliphatic heterocycles. The number of ketones is 1. The Hall–Kier alpha value is -4.79. The van der Waals surface area contributed by atoms with Crippen LogP contribution in [0.5, 0.6) is 17.2 Å². The summed E-state index contributed by atoms with van der Waals surface area (Å²) in [5.41, 5.74) is 3.96. The third-order valence-corrected chi connectivity index (χ3v) is 7.34. The number of aryl methyl sites for hydroxylation is 2. The van der Waals surface area contributed by atoms with E-state index in [0.717, 1.165) is 11.1 Å². The van der Waals surface area contributed by atoms with Crippen molar-refractivity contribution in [1.82, 2.24) is 14.3 Å². The quantitative estimate of drug-likeness (QED) is 0.197. The number of pyridine rings is 1. The Labute approximate surface area is 232 Å². The van der Waals surface area contributed by atoms with Crippen LogP contribution in [0, 0.1) is 13.8 Å². The average molecular weight is 542 g/mol. The first-order valence-electron chi connectivity index (χ1n) is 12.9. The molecule has 3 heterocycles. The summed E-state index contributed by atoms with van der Waals surface area (Å²) in [6.07, 6.45) is 2.36. The summed E-state index contributed by atoms with van der Waals surface area (Å²) < 4.78 is 18.5. The third-order valence-electron chi connectivity index (χ3n) is 7.34. The van der Waals surface area contributed by atoms with Gasteiger partial charge in [0.15, 0.2) is 17.3 Å². The fourth-order valence-electron chi connectivity index (χ4n) is 5.28. The number of ether oxygens (including phenoxy) is 3. The number of methoxy groups -OCH3 is 3. The number of hydrogen-bond donors (Lipinski definition) is 1. The highest BCUT2D eigenvalue weighted by Gasteiger charge is 2.47. The Morgan fingerprint density at radius 3 is 2.23 bits per heavy atom. The number of aliphatic hydroxyl groups excluding tert-OH is 1. The molecule has 1 aliphatic rings. The summed E-state index contributed by atoms with van der Waals surface area (Å²) in [7, 11) is 4.49. The average Bonchev–Trinajstić information content (AvgIpc) is 3.45. The molecule has 1 atom stereocenters. The second-order valence-corrected chi connectivity index (χ2v) is 9.62. The molecule has 1 saturated heterocycles. The number of fused-ring (bicyclic) bond motifs is 1. The number of nitrogens with zero attached hydrogens (tertiary/aromatic N) is 3. The first kappa shape index (κ1) is 26.8. The molecule has 0 saturated carbocycles. The highest BCUT2D eigenvalue weighted by atomic mass is 16.5. The molecule has 2 aromatic carbocycles. The lowest BCUT2D eigenvalue weighted by molar-refractivity contribution is -0.139. The van der Waals surface area contributed by atoms with Crippen LogP contribution >= 0.6 is 0 Å². The summed E-state index contributed by atoms with van der Waals surface area (Å²) in [5.74, 6) is -0.706. The molecular weight excluding hydrogens is 510 g/mol. The van der Waals surface area contributed by atoms with Crippen molar-refractivity contribution < 1.29 is 28.9 Å². The van der Waals surface area contributed by atoms with Gasteiger partial charge in [-0.15, -0.1) is 0 Å². The van der Waals surface area contributed by atoms with E-state index < -0.39 is 17.7 Å². The van der Waals surface area contributed by atoms with E-state index in [9.17, 15) is 14.7 Å². The van der Waals surface area contributed by atoms with Gasteiger partial charge in [0.05, 0.1) is 38.6 Å². The Morgan fingerprint density at radius 2 is 1.62 bits per heavy atom. The molecule has 1 unspecified atom stereocenters. The van der Waals surface area contributed by atoms with Gasteiger partial charge in [0.2, 0.25) is 5.75 Å². The number of Topliss-reactive ketones (excluding diaryl/α,β-unsaturated/α-hetero) is 1. The van der Waals surface area contributed by atoms with Gasteiger partial charge < -0.3 is 28.6 Å². The zero-order valence-electron chi connectivity index (χ0n) is 23.1. The molecule has 9 nitrogen and oxygen atoms in total. The number of imidazole rings is 1. The highest BCUT2D eigenvalue weighted by molar-refractivity contribution is 6.46. The maximum Gasteiger partial charge on any atom is 0.295 e. The Bertz CT molecular complexity index is 1610. The van der Waals surface area contributed by atoms with Crippen LogP contribution in [-0.4, -0.2) is 59.0 Å². The van der Waals surface area contributed by atoms with E-state index in [2.05, 4.69) is 4.98 Å². The number of amides is 1. The number of carbonyl (C=O) groups is 2. The van der Waals surface area contributed by atoms with Crippen molar-refractivity contribution in [3.63, 3.8) is 0 Å². The topological polar surface area (TPSA) is 103 Å². The Kier molecular flexibility index (Phi) is 7.21.